The van der Waals surface area contributed by atoms with Gasteiger partial charge < -0.3 is 10.6 Å². The van der Waals surface area contributed by atoms with Crippen molar-refractivity contribution in [1.29, 1.82) is 0 Å². The summed E-state index contributed by atoms with van der Waals surface area (Å²) in [5.74, 6) is 0.557. The van der Waals surface area contributed by atoms with E-state index in [2.05, 4.69) is 20.3 Å². The molecule has 0 saturated heterocycles. The maximum atomic E-state index is 12.3. The number of guanidine groups is 1. The summed E-state index contributed by atoms with van der Waals surface area (Å²) in [6, 6.07) is 7.08. The lowest BCUT2D eigenvalue weighted by atomic mass is 10.1. The number of sulfone groups is 1. The number of aliphatic imine (C=N–C) groups is 1. The molecule has 0 aliphatic rings. The van der Waals surface area contributed by atoms with Gasteiger partial charge in [0.05, 0.1) is 18.1 Å². The average molecular weight is 575 g/mol. The molecule has 0 aromatic heterocycles. The van der Waals surface area contributed by atoms with E-state index in [0.29, 0.717) is 31.0 Å². The van der Waals surface area contributed by atoms with Gasteiger partial charge in [-0.1, -0.05) is 24.3 Å². The maximum absolute atomic E-state index is 12.3. The second-order valence-electron chi connectivity index (χ2n) is 7.46. The topological polar surface area (TPSA) is 117 Å². The van der Waals surface area contributed by atoms with Crippen molar-refractivity contribution < 1.29 is 16.8 Å². The number of nitrogens with zero attached hydrogens (tertiary/aromatic N) is 1. The molecule has 0 radical (unpaired) electrons. The quantitative estimate of drug-likeness (QED) is 0.212. The van der Waals surface area contributed by atoms with Gasteiger partial charge in [0.15, 0.2) is 5.96 Å². The Bertz CT molecular complexity index is 888. The Balaban J connectivity index is 0.00000841. The van der Waals surface area contributed by atoms with Crippen molar-refractivity contribution in [2.75, 3.05) is 18.6 Å². The second kappa shape index (κ2) is 13.5. The van der Waals surface area contributed by atoms with Crippen molar-refractivity contribution in [2.45, 2.75) is 58.5 Å². The lowest BCUT2D eigenvalue weighted by Crippen LogP contribution is -2.42. The Kier molecular flexibility index (Phi) is 13.1. The van der Waals surface area contributed by atoms with E-state index in [1.54, 1.807) is 19.9 Å². The van der Waals surface area contributed by atoms with Crippen LogP contribution in [-0.4, -0.2) is 53.4 Å². The van der Waals surface area contributed by atoms with Gasteiger partial charge in [0.1, 0.15) is 9.84 Å². The Morgan fingerprint density at radius 3 is 2.20 bits per heavy atom. The smallest absolute Gasteiger partial charge is 0.216 e. The molecule has 0 bridgehead atoms. The molecule has 8 nitrogen and oxygen atoms in total. The van der Waals surface area contributed by atoms with Crippen LogP contribution in [0, 0.1) is 0 Å². The highest BCUT2D eigenvalue weighted by atomic mass is 127. The summed E-state index contributed by atoms with van der Waals surface area (Å²) in [6.45, 7) is 8.37. The highest BCUT2D eigenvalue weighted by Gasteiger charge is 2.15. The molecule has 1 aromatic carbocycles. The monoisotopic (exact) mass is 574 g/mol. The molecule has 0 aliphatic carbocycles. The van der Waals surface area contributed by atoms with Crippen LogP contribution in [0.4, 0.5) is 0 Å². The third-order valence-electron chi connectivity index (χ3n) is 3.94. The number of benzene rings is 1. The number of hydrogen-bond donors (Lipinski definition) is 3. The zero-order chi connectivity index (χ0) is 22.1. The lowest BCUT2D eigenvalue weighted by molar-refractivity contribution is 0.568. The van der Waals surface area contributed by atoms with Gasteiger partial charge in [-0.15, -0.1) is 24.0 Å². The molecule has 174 valence electrons. The summed E-state index contributed by atoms with van der Waals surface area (Å²) >= 11 is 0. The van der Waals surface area contributed by atoms with E-state index < -0.39 is 19.9 Å². The number of hydrogen-bond acceptors (Lipinski definition) is 5. The molecule has 3 N–H and O–H groups in total. The van der Waals surface area contributed by atoms with Crippen molar-refractivity contribution in [1.82, 2.24) is 15.4 Å². The van der Waals surface area contributed by atoms with E-state index in [0.717, 1.165) is 5.56 Å². The SMILES string of the molecule is CCNC(=NCc1ccccc1CS(=O)(=O)NC(C)C)NC(C)CCS(C)(=O)=O.I. The van der Waals surface area contributed by atoms with Crippen molar-refractivity contribution in [3.8, 4) is 0 Å². The molecule has 0 fully saturated rings. The van der Waals surface area contributed by atoms with Gasteiger partial charge in [0.2, 0.25) is 10.0 Å². The van der Waals surface area contributed by atoms with Crippen molar-refractivity contribution in [3.63, 3.8) is 0 Å². The molecule has 0 heterocycles. The first kappa shape index (κ1) is 29.1. The van der Waals surface area contributed by atoms with E-state index in [1.165, 1.54) is 6.26 Å². The molecule has 1 unspecified atom stereocenters. The number of nitrogens with one attached hydrogen (secondary N) is 3. The van der Waals surface area contributed by atoms with Gasteiger partial charge in [0.25, 0.3) is 0 Å². The zero-order valence-corrected chi connectivity index (χ0v) is 22.3. The van der Waals surface area contributed by atoms with Crippen LogP contribution in [0.1, 0.15) is 45.2 Å². The number of halogens is 1. The van der Waals surface area contributed by atoms with E-state index in [9.17, 15) is 16.8 Å². The predicted octanol–water partition coefficient (Wildman–Crippen LogP) is 2.01. The largest absolute Gasteiger partial charge is 0.357 e. The molecule has 1 atom stereocenters. The van der Waals surface area contributed by atoms with E-state index in [-0.39, 0.29) is 47.6 Å². The first-order valence-electron chi connectivity index (χ1n) is 9.71. The fraction of sp³-hybridized carbons (Fsp3) is 0.632. The summed E-state index contributed by atoms with van der Waals surface area (Å²) in [6.07, 6.45) is 1.69. The Labute approximate surface area is 198 Å². The summed E-state index contributed by atoms with van der Waals surface area (Å²) < 4.78 is 49.9. The van der Waals surface area contributed by atoms with Gasteiger partial charge in [-0.3, -0.25) is 0 Å². The zero-order valence-electron chi connectivity index (χ0n) is 18.3. The summed E-state index contributed by atoms with van der Waals surface area (Å²) in [4.78, 5) is 4.55. The molecular formula is C19H35IN4O4S2. The molecule has 1 aromatic rings. The van der Waals surface area contributed by atoms with E-state index >= 15 is 0 Å². The predicted molar refractivity (Wildman–Crippen MR) is 134 cm³/mol. The minimum atomic E-state index is -3.43. The van der Waals surface area contributed by atoms with Crippen LogP contribution in [0.3, 0.4) is 0 Å². The van der Waals surface area contributed by atoms with Crippen LogP contribution >= 0.6 is 24.0 Å². The second-order valence-corrected chi connectivity index (χ2v) is 11.5. The number of sulfonamides is 1. The molecular weight excluding hydrogens is 539 g/mol. The third-order valence-corrected chi connectivity index (χ3v) is 6.43. The summed E-state index contributed by atoms with van der Waals surface area (Å²) in [5, 5.41) is 6.33. The van der Waals surface area contributed by atoms with Gasteiger partial charge in [-0.05, 0) is 45.2 Å². The standard InChI is InChI=1S/C19H34N4O4S2.HI/c1-6-20-19(22-16(4)11-12-28(5,24)25)21-13-17-9-7-8-10-18(17)14-29(26,27)23-15(2)3;/h7-10,15-16,23H,6,11-14H2,1-5H3,(H2,20,21,22);1H. The van der Waals surface area contributed by atoms with Gasteiger partial charge >= 0.3 is 0 Å². The van der Waals surface area contributed by atoms with Gasteiger partial charge in [0, 0.05) is 24.9 Å². The van der Waals surface area contributed by atoms with Crippen LogP contribution in [0.25, 0.3) is 0 Å². The Morgan fingerprint density at radius 1 is 1.07 bits per heavy atom. The summed E-state index contributed by atoms with van der Waals surface area (Å²) in [5.41, 5.74) is 1.52. The van der Waals surface area contributed by atoms with E-state index in [4.69, 9.17) is 0 Å². The number of rotatable bonds is 11. The first-order valence-corrected chi connectivity index (χ1v) is 13.4. The summed E-state index contributed by atoms with van der Waals surface area (Å²) in [7, 11) is -6.45. The van der Waals surface area contributed by atoms with Crippen molar-refractivity contribution >= 4 is 49.8 Å². The van der Waals surface area contributed by atoms with E-state index in [1.807, 2.05) is 32.0 Å². The van der Waals surface area contributed by atoms with Crippen molar-refractivity contribution in [2.24, 2.45) is 4.99 Å². The minimum absolute atomic E-state index is 0. The molecule has 30 heavy (non-hydrogen) atoms. The minimum Gasteiger partial charge on any atom is -0.357 e. The molecule has 1 rings (SSSR count). The van der Waals surface area contributed by atoms with Crippen LogP contribution in [0.15, 0.2) is 29.3 Å². The van der Waals surface area contributed by atoms with Crippen LogP contribution < -0.4 is 15.4 Å². The van der Waals surface area contributed by atoms with Crippen LogP contribution in [0.5, 0.6) is 0 Å². The normalized spacial score (nSPS) is 13.6. The van der Waals surface area contributed by atoms with Gasteiger partial charge in [-0.2, -0.15) is 0 Å². The lowest BCUT2D eigenvalue weighted by Gasteiger charge is -2.18. The van der Waals surface area contributed by atoms with Gasteiger partial charge in [-0.25, -0.2) is 26.6 Å². The van der Waals surface area contributed by atoms with Crippen LogP contribution in [-0.2, 0) is 32.2 Å². The maximum Gasteiger partial charge on any atom is 0.216 e. The highest BCUT2D eigenvalue weighted by Crippen LogP contribution is 2.14. The van der Waals surface area contributed by atoms with Crippen LogP contribution in [0.2, 0.25) is 0 Å². The molecule has 0 spiro atoms. The molecule has 0 aliphatic heterocycles. The third kappa shape index (κ3) is 12.7. The molecule has 0 amide bonds. The fourth-order valence-electron chi connectivity index (χ4n) is 2.64. The highest BCUT2D eigenvalue weighted by molar-refractivity contribution is 14.0. The molecule has 11 heteroatoms. The fourth-order valence-corrected chi connectivity index (χ4v) is 4.91. The Morgan fingerprint density at radius 2 is 1.67 bits per heavy atom. The average Bonchev–Trinajstić information content (AvgIpc) is 2.57. The Hall–Kier alpha value is -0.920. The molecule has 0 saturated carbocycles. The van der Waals surface area contributed by atoms with Crippen molar-refractivity contribution in [3.05, 3.63) is 35.4 Å². The first-order chi connectivity index (χ1) is 13.4.